The highest BCUT2D eigenvalue weighted by molar-refractivity contribution is 5.83. The molecule has 3 heteroatoms. The summed E-state index contributed by atoms with van der Waals surface area (Å²) in [6, 6.07) is 10.5. The van der Waals surface area contributed by atoms with Gasteiger partial charge in [-0.1, -0.05) is 18.2 Å². The largest absolute Gasteiger partial charge is 0.361 e. The molecule has 1 unspecified atom stereocenters. The lowest BCUT2D eigenvalue weighted by molar-refractivity contribution is 0.296. The molecule has 1 aromatic heterocycles. The topological polar surface area (TPSA) is 42.8 Å². The summed E-state index contributed by atoms with van der Waals surface area (Å²) in [7, 11) is 0. The molecule has 3 nitrogen and oxygen atoms in total. The molecule has 17 heavy (non-hydrogen) atoms. The molecular weight excluding hydrogens is 210 g/mol. The number of nitrogens with one attached hydrogen (secondary N) is 1. The molecule has 0 aliphatic carbocycles. The number of hydrogen-bond donors (Lipinski definition) is 1. The smallest absolute Gasteiger partial charge is 0.125 e. The Balaban J connectivity index is 2.04. The van der Waals surface area contributed by atoms with E-state index in [1.165, 1.54) is 18.2 Å². The number of fused-ring (bicyclic) bond motifs is 1. The lowest BCUT2D eigenvalue weighted by Crippen LogP contribution is -2.24. The van der Waals surface area contributed by atoms with Crippen LogP contribution in [0.15, 0.2) is 30.5 Å². The Morgan fingerprint density at radius 3 is 2.76 bits per heavy atom. The van der Waals surface area contributed by atoms with E-state index in [1.54, 1.807) is 0 Å². The Morgan fingerprint density at radius 1 is 1.24 bits per heavy atom. The minimum Gasteiger partial charge on any atom is -0.361 e. The summed E-state index contributed by atoms with van der Waals surface area (Å²) >= 11 is 0. The molecule has 0 spiro atoms. The van der Waals surface area contributed by atoms with Crippen LogP contribution >= 0.6 is 0 Å². The fourth-order valence-electron chi connectivity index (χ4n) is 2.67. The summed E-state index contributed by atoms with van der Waals surface area (Å²) in [5, 5.41) is 10.6. The van der Waals surface area contributed by atoms with E-state index in [-0.39, 0.29) is 6.04 Å². The predicted octanol–water partition coefficient (Wildman–Crippen LogP) is 2.83. The summed E-state index contributed by atoms with van der Waals surface area (Å²) in [6.45, 7) is 2.08. The number of aromatic nitrogens is 1. The molecule has 0 radical (unpaired) electrons. The van der Waals surface area contributed by atoms with Crippen LogP contribution in [0.1, 0.15) is 24.4 Å². The molecule has 3 rings (SSSR count). The first-order chi connectivity index (χ1) is 8.40. The molecule has 0 bridgehead atoms. The second-order valence-electron chi connectivity index (χ2n) is 4.56. The molecule has 1 aliphatic rings. The zero-order chi connectivity index (χ0) is 11.7. The lowest BCUT2D eigenvalue weighted by atomic mass is 10.1. The zero-order valence-corrected chi connectivity index (χ0v) is 9.69. The fourth-order valence-corrected chi connectivity index (χ4v) is 2.67. The van der Waals surface area contributed by atoms with Crippen molar-refractivity contribution < 1.29 is 0 Å². The van der Waals surface area contributed by atoms with Crippen molar-refractivity contribution in [2.75, 3.05) is 13.1 Å². The first kappa shape index (κ1) is 10.4. The van der Waals surface area contributed by atoms with Gasteiger partial charge in [0.1, 0.15) is 6.04 Å². The van der Waals surface area contributed by atoms with E-state index in [0.29, 0.717) is 0 Å². The quantitative estimate of drug-likeness (QED) is 0.854. The van der Waals surface area contributed by atoms with Crippen LogP contribution in [0.2, 0.25) is 0 Å². The van der Waals surface area contributed by atoms with Gasteiger partial charge in [0.25, 0.3) is 0 Å². The van der Waals surface area contributed by atoms with Crippen LogP contribution in [-0.4, -0.2) is 23.0 Å². The average Bonchev–Trinajstić information content (AvgIpc) is 3.01. The highest BCUT2D eigenvalue weighted by Crippen LogP contribution is 2.29. The number of rotatable bonds is 2. The van der Waals surface area contributed by atoms with Gasteiger partial charge < -0.3 is 4.98 Å². The van der Waals surface area contributed by atoms with Crippen LogP contribution in [0, 0.1) is 11.3 Å². The summed E-state index contributed by atoms with van der Waals surface area (Å²) in [4.78, 5) is 5.52. The fraction of sp³-hybridized carbons (Fsp3) is 0.357. The monoisotopic (exact) mass is 225 g/mol. The molecule has 2 aromatic rings. The Labute approximate surface area is 101 Å². The maximum atomic E-state index is 9.41. The third-order valence-electron chi connectivity index (χ3n) is 3.54. The van der Waals surface area contributed by atoms with Gasteiger partial charge in [0, 0.05) is 22.7 Å². The van der Waals surface area contributed by atoms with Gasteiger partial charge in [-0.3, -0.25) is 4.90 Å². The van der Waals surface area contributed by atoms with Gasteiger partial charge in [-0.2, -0.15) is 5.26 Å². The molecule has 1 fully saturated rings. The van der Waals surface area contributed by atoms with Crippen molar-refractivity contribution >= 4 is 10.9 Å². The molecule has 0 saturated carbocycles. The zero-order valence-electron chi connectivity index (χ0n) is 9.69. The van der Waals surface area contributed by atoms with Crippen molar-refractivity contribution in [3.05, 3.63) is 36.0 Å². The van der Waals surface area contributed by atoms with Gasteiger partial charge in [-0.15, -0.1) is 0 Å². The minimum absolute atomic E-state index is 0.103. The Hall–Kier alpha value is -1.79. The minimum atomic E-state index is -0.103. The van der Waals surface area contributed by atoms with Gasteiger partial charge in [0.15, 0.2) is 0 Å². The highest BCUT2D eigenvalue weighted by atomic mass is 15.2. The molecule has 0 amide bonds. The van der Waals surface area contributed by atoms with Crippen molar-refractivity contribution in [3.63, 3.8) is 0 Å². The number of benzene rings is 1. The highest BCUT2D eigenvalue weighted by Gasteiger charge is 2.25. The first-order valence-corrected chi connectivity index (χ1v) is 6.10. The van der Waals surface area contributed by atoms with E-state index in [2.05, 4.69) is 28.1 Å². The molecule has 1 aromatic carbocycles. The standard InChI is InChI=1S/C14H15N3/c15-9-14(17-7-3-4-8-17)12-10-16-13-6-2-1-5-11(12)13/h1-2,5-6,10,14,16H,3-4,7-8H2. The normalized spacial score (nSPS) is 18.3. The van der Waals surface area contributed by atoms with Crippen molar-refractivity contribution in [2.24, 2.45) is 0 Å². The Morgan fingerprint density at radius 2 is 2.00 bits per heavy atom. The van der Waals surface area contributed by atoms with Gasteiger partial charge in [0.05, 0.1) is 6.07 Å². The maximum Gasteiger partial charge on any atom is 0.125 e. The first-order valence-electron chi connectivity index (χ1n) is 6.10. The van der Waals surface area contributed by atoms with E-state index in [9.17, 15) is 5.26 Å². The molecule has 1 saturated heterocycles. The molecule has 1 N–H and O–H groups in total. The average molecular weight is 225 g/mol. The van der Waals surface area contributed by atoms with E-state index in [1.807, 2.05) is 18.3 Å². The summed E-state index contributed by atoms with van der Waals surface area (Å²) in [6.07, 6.45) is 4.40. The third-order valence-corrected chi connectivity index (χ3v) is 3.54. The number of hydrogen-bond acceptors (Lipinski definition) is 2. The predicted molar refractivity (Wildman–Crippen MR) is 67.5 cm³/mol. The van der Waals surface area contributed by atoms with Crippen LogP contribution < -0.4 is 0 Å². The third kappa shape index (κ3) is 1.71. The van der Waals surface area contributed by atoms with Crippen LogP contribution in [-0.2, 0) is 0 Å². The lowest BCUT2D eigenvalue weighted by Gasteiger charge is -2.20. The second-order valence-corrected chi connectivity index (χ2v) is 4.56. The Bertz CT molecular complexity index is 558. The Kier molecular flexibility index (Phi) is 2.58. The van der Waals surface area contributed by atoms with Crippen LogP contribution in [0.5, 0.6) is 0 Å². The molecule has 2 heterocycles. The van der Waals surface area contributed by atoms with E-state index in [4.69, 9.17) is 0 Å². The number of aromatic amines is 1. The summed E-state index contributed by atoms with van der Waals surface area (Å²) < 4.78 is 0. The van der Waals surface area contributed by atoms with E-state index < -0.39 is 0 Å². The van der Waals surface area contributed by atoms with Crippen LogP contribution in [0.3, 0.4) is 0 Å². The molecular formula is C14H15N3. The van der Waals surface area contributed by atoms with Crippen LogP contribution in [0.25, 0.3) is 10.9 Å². The van der Waals surface area contributed by atoms with Crippen LogP contribution in [0.4, 0.5) is 0 Å². The number of para-hydroxylation sites is 1. The molecule has 1 atom stereocenters. The van der Waals surface area contributed by atoms with Gasteiger partial charge in [-0.05, 0) is 32.0 Å². The van der Waals surface area contributed by atoms with Crippen molar-refractivity contribution in [1.29, 1.82) is 5.26 Å². The van der Waals surface area contributed by atoms with Crippen molar-refractivity contribution in [3.8, 4) is 6.07 Å². The van der Waals surface area contributed by atoms with Crippen molar-refractivity contribution in [2.45, 2.75) is 18.9 Å². The van der Waals surface area contributed by atoms with E-state index in [0.717, 1.165) is 24.2 Å². The molecule has 86 valence electrons. The van der Waals surface area contributed by atoms with E-state index >= 15 is 0 Å². The second kappa shape index (κ2) is 4.23. The maximum absolute atomic E-state index is 9.41. The SMILES string of the molecule is N#CC(c1c[nH]c2ccccc12)N1CCCC1. The summed E-state index contributed by atoms with van der Waals surface area (Å²) in [5.74, 6) is 0. The number of nitrogens with zero attached hydrogens (tertiary/aromatic N) is 2. The van der Waals surface area contributed by atoms with Gasteiger partial charge >= 0.3 is 0 Å². The number of likely N-dealkylation sites (tertiary alicyclic amines) is 1. The van der Waals surface area contributed by atoms with Crippen molar-refractivity contribution in [1.82, 2.24) is 9.88 Å². The molecule has 1 aliphatic heterocycles. The number of nitriles is 1. The summed E-state index contributed by atoms with van der Waals surface area (Å²) in [5.41, 5.74) is 2.23. The van der Waals surface area contributed by atoms with Gasteiger partial charge in [0.2, 0.25) is 0 Å². The number of H-pyrrole nitrogens is 1. The van der Waals surface area contributed by atoms with Gasteiger partial charge in [-0.25, -0.2) is 0 Å².